The monoisotopic (exact) mass is 476 g/mol. The Balaban J connectivity index is 1.43. The summed E-state index contributed by atoms with van der Waals surface area (Å²) in [5.74, 6) is 1.08. The van der Waals surface area contributed by atoms with Gasteiger partial charge in [-0.25, -0.2) is 9.50 Å². The summed E-state index contributed by atoms with van der Waals surface area (Å²) in [4.78, 5) is 9.60. The van der Waals surface area contributed by atoms with Crippen LogP contribution in [0.15, 0.2) is 36.5 Å². The predicted octanol–water partition coefficient (Wildman–Crippen LogP) is 4.37. The molecule has 1 aliphatic heterocycles. The molecule has 1 saturated heterocycles. The lowest BCUT2D eigenvalue weighted by Crippen LogP contribution is -2.43. The summed E-state index contributed by atoms with van der Waals surface area (Å²) in [5.41, 5.74) is 6.04. The fourth-order valence-electron chi connectivity index (χ4n) is 5.35. The number of hydrogen-bond donors (Lipinski definition) is 2. The number of benzene rings is 1. The number of rotatable bonds is 7. The van der Waals surface area contributed by atoms with Crippen LogP contribution in [0.4, 0.5) is 5.95 Å². The van der Waals surface area contributed by atoms with E-state index >= 15 is 0 Å². The Morgan fingerprint density at radius 2 is 1.77 bits per heavy atom. The molecule has 2 fully saturated rings. The molecule has 0 radical (unpaired) electrons. The first-order chi connectivity index (χ1) is 17.0. The van der Waals surface area contributed by atoms with Gasteiger partial charge in [-0.1, -0.05) is 31.2 Å². The molecule has 3 heterocycles. The fraction of sp³-hybridized carbons (Fsp3) is 0.571. The van der Waals surface area contributed by atoms with Crippen molar-refractivity contribution in [3.63, 3.8) is 0 Å². The smallest absolute Gasteiger partial charge is 0.241 e. The number of hydrogen-bond acceptors (Lipinski definition) is 6. The topological polar surface area (TPSA) is 68.9 Å². The molecule has 1 atom stereocenters. The van der Waals surface area contributed by atoms with Gasteiger partial charge in [-0.3, -0.25) is 4.90 Å². The number of nitrogens with one attached hydrogen (secondary N) is 1. The van der Waals surface area contributed by atoms with E-state index in [9.17, 15) is 5.11 Å². The van der Waals surface area contributed by atoms with E-state index in [0.29, 0.717) is 17.9 Å². The van der Waals surface area contributed by atoms with Crippen LogP contribution in [0.5, 0.6) is 0 Å². The zero-order valence-electron chi connectivity index (χ0n) is 21.5. The van der Waals surface area contributed by atoms with Gasteiger partial charge in [-0.15, -0.1) is 5.10 Å². The van der Waals surface area contributed by atoms with Crippen molar-refractivity contribution in [3.05, 3.63) is 47.8 Å². The van der Waals surface area contributed by atoms with E-state index in [2.05, 4.69) is 75.8 Å². The molecule has 5 rings (SSSR count). The SMILES string of the molecule is CC[C@H](C)Nc1ncc2c(-c3ccc(CN4CCN(C)CC4)cc3)cc([C@H]3CC[C@H](O)CC3)n2n1. The minimum atomic E-state index is -0.165. The van der Waals surface area contributed by atoms with Crippen LogP contribution < -0.4 is 5.32 Å². The van der Waals surface area contributed by atoms with Crippen molar-refractivity contribution in [3.8, 4) is 11.1 Å². The largest absolute Gasteiger partial charge is 0.393 e. The quantitative estimate of drug-likeness (QED) is 0.528. The van der Waals surface area contributed by atoms with E-state index in [1.165, 1.54) is 22.4 Å². The number of nitrogens with zero attached hydrogens (tertiary/aromatic N) is 5. The van der Waals surface area contributed by atoms with Crippen molar-refractivity contribution in [2.24, 2.45) is 0 Å². The molecule has 1 aromatic carbocycles. The first-order valence-corrected chi connectivity index (χ1v) is 13.3. The Kier molecular flexibility index (Phi) is 7.37. The number of likely N-dealkylation sites (N-methyl/N-ethyl adjacent to an activating group) is 1. The molecule has 1 saturated carbocycles. The molecular formula is C28H40N6O. The molecule has 2 N–H and O–H groups in total. The summed E-state index contributed by atoms with van der Waals surface area (Å²) in [6, 6.07) is 11.7. The number of aliphatic hydroxyl groups excluding tert-OH is 1. The molecule has 2 aliphatic rings. The van der Waals surface area contributed by atoms with Gasteiger partial charge in [0.15, 0.2) is 0 Å². The average Bonchev–Trinajstić information content (AvgIpc) is 3.25. The molecule has 1 aliphatic carbocycles. The lowest BCUT2D eigenvalue weighted by molar-refractivity contribution is 0.121. The maximum atomic E-state index is 10.0. The van der Waals surface area contributed by atoms with Crippen molar-refractivity contribution >= 4 is 11.5 Å². The van der Waals surface area contributed by atoms with E-state index in [1.807, 2.05) is 6.20 Å². The summed E-state index contributed by atoms with van der Waals surface area (Å²) >= 11 is 0. The van der Waals surface area contributed by atoms with Crippen LogP contribution >= 0.6 is 0 Å². The summed E-state index contributed by atoms with van der Waals surface area (Å²) in [7, 11) is 2.20. The van der Waals surface area contributed by atoms with E-state index < -0.39 is 0 Å². The molecule has 0 spiro atoms. The molecule has 188 valence electrons. The highest BCUT2D eigenvalue weighted by atomic mass is 16.3. The molecule has 35 heavy (non-hydrogen) atoms. The van der Waals surface area contributed by atoms with E-state index in [-0.39, 0.29) is 6.10 Å². The first kappa shape index (κ1) is 24.2. The van der Waals surface area contributed by atoms with E-state index in [0.717, 1.165) is 70.3 Å². The highest BCUT2D eigenvalue weighted by molar-refractivity contribution is 5.81. The third-order valence-corrected chi connectivity index (χ3v) is 7.91. The average molecular weight is 477 g/mol. The first-order valence-electron chi connectivity index (χ1n) is 13.3. The van der Waals surface area contributed by atoms with Gasteiger partial charge in [-0.2, -0.15) is 0 Å². The molecular weight excluding hydrogens is 436 g/mol. The number of fused-ring (bicyclic) bond motifs is 1. The zero-order chi connectivity index (χ0) is 24.4. The van der Waals surface area contributed by atoms with Gasteiger partial charge in [-0.05, 0) is 63.3 Å². The number of piperazine rings is 1. The maximum absolute atomic E-state index is 10.0. The van der Waals surface area contributed by atoms with Crippen LogP contribution in [-0.2, 0) is 6.54 Å². The predicted molar refractivity (Wildman–Crippen MR) is 142 cm³/mol. The summed E-state index contributed by atoms with van der Waals surface area (Å²) in [6.07, 6.45) is 6.53. The lowest BCUT2D eigenvalue weighted by Gasteiger charge is -2.32. The van der Waals surface area contributed by atoms with E-state index in [4.69, 9.17) is 5.10 Å². The van der Waals surface area contributed by atoms with Gasteiger partial charge in [0.25, 0.3) is 0 Å². The van der Waals surface area contributed by atoms with Gasteiger partial charge in [0, 0.05) is 55.9 Å². The molecule has 0 amide bonds. The second-order valence-electron chi connectivity index (χ2n) is 10.6. The molecule has 0 unspecified atom stereocenters. The molecule has 2 aromatic heterocycles. The van der Waals surface area contributed by atoms with Crippen LogP contribution in [0.3, 0.4) is 0 Å². The van der Waals surface area contributed by atoms with Crippen LogP contribution in [0.2, 0.25) is 0 Å². The van der Waals surface area contributed by atoms with Crippen molar-refractivity contribution in [2.45, 2.75) is 70.6 Å². The summed E-state index contributed by atoms with van der Waals surface area (Å²) < 4.78 is 2.10. The highest BCUT2D eigenvalue weighted by Crippen LogP contribution is 2.37. The second kappa shape index (κ2) is 10.6. The normalized spacial score (nSPS) is 23.0. The Labute approximate surface area is 209 Å². The molecule has 7 nitrogen and oxygen atoms in total. The minimum Gasteiger partial charge on any atom is -0.393 e. The Hall–Kier alpha value is -2.48. The van der Waals surface area contributed by atoms with Crippen LogP contribution in [0, 0.1) is 0 Å². The van der Waals surface area contributed by atoms with Crippen LogP contribution in [-0.4, -0.2) is 74.9 Å². The molecule has 0 bridgehead atoms. The van der Waals surface area contributed by atoms with Crippen LogP contribution in [0.1, 0.15) is 63.1 Å². The zero-order valence-corrected chi connectivity index (χ0v) is 21.5. The minimum absolute atomic E-state index is 0.165. The van der Waals surface area contributed by atoms with Gasteiger partial charge >= 0.3 is 0 Å². The van der Waals surface area contributed by atoms with Crippen LogP contribution in [0.25, 0.3) is 16.6 Å². The van der Waals surface area contributed by atoms with Crippen molar-refractivity contribution in [2.75, 3.05) is 38.5 Å². The van der Waals surface area contributed by atoms with Gasteiger partial charge in [0.05, 0.1) is 17.8 Å². The highest BCUT2D eigenvalue weighted by Gasteiger charge is 2.25. The van der Waals surface area contributed by atoms with Gasteiger partial charge < -0.3 is 15.3 Å². The standard InChI is InChI=1S/C28H40N6O/c1-4-20(2)30-28-29-18-27-25(17-26(34(27)31-28)23-9-11-24(35)12-10-23)22-7-5-21(6-8-22)19-33-15-13-32(3)14-16-33/h5-8,17-18,20,23-24,35H,4,9-16,19H2,1-3H3,(H,30,31)/t20-,23-,24-/m0/s1. The third-order valence-electron chi connectivity index (χ3n) is 7.91. The number of aliphatic hydroxyl groups is 1. The third kappa shape index (κ3) is 5.52. The molecule has 3 aromatic rings. The van der Waals surface area contributed by atoms with E-state index in [1.54, 1.807) is 0 Å². The Bertz CT molecular complexity index is 1110. The summed E-state index contributed by atoms with van der Waals surface area (Å²) in [6.45, 7) is 9.87. The fourth-order valence-corrected chi connectivity index (χ4v) is 5.35. The van der Waals surface area contributed by atoms with Gasteiger partial charge in [0.1, 0.15) is 0 Å². The lowest BCUT2D eigenvalue weighted by atomic mass is 9.85. The Morgan fingerprint density at radius 3 is 2.46 bits per heavy atom. The maximum Gasteiger partial charge on any atom is 0.241 e. The molecule has 7 heteroatoms. The van der Waals surface area contributed by atoms with Crippen molar-refractivity contribution in [1.29, 1.82) is 0 Å². The summed E-state index contributed by atoms with van der Waals surface area (Å²) in [5, 5.41) is 18.4. The second-order valence-corrected chi connectivity index (χ2v) is 10.6. The number of anilines is 1. The Morgan fingerprint density at radius 1 is 1.06 bits per heavy atom. The van der Waals surface area contributed by atoms with Crippen molar-refractivity contribution < 1.29 is 5.11 Å². The van der Waals surface area contributed by atoms with Gasteiger partial charge in [0.2, 0.25) is 5.95 Å². The number of aromatic nitrogens is 3. The van der Waals surface area contributed by atoms with Crippen molar-refractivity contribution in [1.82, 2.24) is 24.4 Å².